The number of nitrogens with zero attached hydrogens (tertiary/aromatic N) is 2. The molecule has 2 heterocycles. The van der Waals surface area contributed by atoms with Crippen molar-refractivity contribution in [3.63, 3.8) is 0 Å². The molecular formula is C21H30N2O2. The van der Waals surface area contributed by atoms with Gasteiger partial charge in [-0.2, -0.15) is 0 Å². The highest BCUT2D eigenvalue weighted by Gasteiger charge is 2.56. The molecule has 6 rings (SSSR count). The Morgan fingerprint density at radius 3 is 2.40 bits per heavy atom. The number of hydrogen-bond donors (Lipinski definition) is 0. The van der Waals surface area contributed by atoms with Crippen molar-refractivity contribution in [1.82, 2.24) is 10.1 Å². The van der Waals surface area contributed by atoms with Crippen LogP contribution in [0.5, 0.6) is 0 Å². The third-order valence-electron chi connectivity index (χ3n) is 7.47. The third-order valence-corrected chi connectivity index (χ3v) is 7.47. The molecule has 0 aromatic carbocycles. The van der Waals surface area contributed by atoms with Crippen LogP contribution in [0.2, 0.25) is 0 Å². The van der Waals surface area contributed by atoms with Gasteiger partial charge in [0.2, 0.25) is 5.91 Å². The van der Waals surface area contributed by atoms with Crippen molar-refractivity contribution < 1.29 is 9.32 Å². The minimum Gasteiger partial charge on any atom is -0.359 e. The monoisotopic (exact) mass is 342 g/mol. The summed E-state index contributed by atoms with van der Waals surface area (Å²) in [5.41, 5.74) is 0.960. The lowest BCUT2D eigenvalue weighted by atomic mass is 9.49. The summed E-state index contributed by atoms with van der Waals surface area (Å²) in [7, 11) is 0. The van der Waals surface area contributed by atoms with Gasteiger partial charge in [-0.25, -0.2) is 0 Å². The lowest BCUT2D eigenvalue weighted by Crippen LogP contribution is -2.54. The Kier molecular flexibility index (Phi) is 3.55. The summed E-state index contributed by atoms with van der Waals surface area (Å²) in [6, 6.07) is 2.20. The molecule has 0 N–H and O–H groups in total. The molecule has 0 spiro atoms. The molecule has 4 heteroatoms. The number of carbonyl (C=O) groups excluding carboxylic acids is 1. The Hall–Kier alpha value is -1.32. The number of hydrogen-bond acceptors (Lipinski definition) is 3. The molecule has 1 amide bonds. The first-order chi connectivity index (χ1) is 12.0. The van der Waals surface area contributed by atoms with Gasteiger partial charge in [0.1, 0.15) is 0 Å². The largest absolute Gasteiger partial charge is 0.359 e. The highest BCUT2D eigenvalue weighted by atomic mass is 16.5. The fourth-order valence-electron chi connectivity index (χ4n) is 6.72. The van der Waals surface area contributed by atoms with Gasteiger partial charge in [-0.05, 0) is 75.0 Å². The minimum atomic E-state index is -0.0434. The van der Waals surface area contributed by atoms with Crippen LogP contribution in [0.25, 0.3) is 0 Å². The van der Waals surface area contributed by atoms with E-state index in [9.17, 15) is 4.79 Å². The molecule has 136 valence electrons. The van der Waals surface area contributed by atoms with Crippen molar-refractivity contribution in [2.45, 2.75) is 77.2 Å². The van der Waals surface area contributed by atoms with E-state index in [1.165, 1.54) is 19.3 Å². The van der Waals surface area contributed by atoms with Gasteiger partial charge >= 0.3 is 0 Å². The smallest absolute Gasteiger partial charge is 0.229 e. The number of amides is 1. The van der Waals surface area contributed by atoms with E-state index in [0.29, 0.717) is 11.8 Å². The average molecular weight is 342 g/mol. The molecule has 1 saturated heterocycles. The molecule has 4 bridgehead atoms. The van der Waals surface area contributed by atoms with Gasteiger partial charge in [0.25, 0.3) is 0 Å². The van der Waals surface area contributed by atoms with Crippen molar-refractivity contribution >= 4 is 5.91 Å². The standard InChI is InChI=1S/C21H30N2O2/c1-13(2)17-9-19(25-22-17)18-4-3-5-23(18)20(24)21-10-14-6-15(11-21)8-16(7-14)12-21/h9,13-16,18H,3-8,10-12H2,1-2H3/t14?,15?,16?,18-,21?/m1/s1. The lowest BCUT2D eigenvalue weighted by molar-refractivity contribution is -0.159. The molecule has 1 aromatic heterocycles. The Bertz CT molecular complexity index is 642. The summed E-state index contributed by atoms with van der Waals surface area (Å²) in [4.78, 5) is 15.9. The van der Waals surface area contributed by atoms with Crippen LogP contribution in [0.1, 0.15) is 88.6 Å². The maximum absolute atomic E-state index is 13.7. The Labute approximate surface area is 150 Å². The van der Waals surface area contributed by atoms with Crippen LogP contribution < -0.4 is 0 Å². The minimum absolute atomic E-state index is 0.0434. The molecule has 0 unspecified atom stereocenters. The van der Waals surface area contributed by atoms with Gasteiger partial charge in [-0.15, -0.1) is 0 Å². The molecule has 1 atom stereocenters. The highest BCUT2D eigenvalue weighted by Crippen LogP contribution is 2.61. The molecule has 4 aliphatic carbocycles. The first-order valence-corrected chi connectivity index (χ1v) is 10.3. The second kappa shape index (κ2) is 5.59. The maximum Gasteiger partial charge on any atom is 0.229 e. The molecule has 25 heavy (non-hydrogen) atoms. The summed E-state index contributed by atoms with van der Waals surface area (Å²) in [6.07, 6.45) is 9.70. The number of rotatable bonds is 3. The topological polar surface area (TPSA) is 46.3 Å². The predicted molar refractivity (Wildman–Crippen MR) is 94.9 cm³/mol. The van der Waals surface area contributed by atoms with Gasteiger partial charge < -0.3 is 9.42 Å². The summed E-state index contributed by atoms with van der Waals surface area (Å²) >= 11 is 0. The first kappa shape index (κ1) is 15.9. The SMILES string of the molecule is CC(C)c1cc([C@H]2CCCN2C(=O)C23CC4CC(CC(C4)C2)C3)on1. The maximum atomic E-state index is 13.7. The van der Waals surface area contributed by atoms with Crippen LogP contribution in [0.4, 0.5) is 0 Å². The molecule has 1 aromatic rings. The van der Waals surface area contributed by atoms with Crippen molar-refractivity contribution in [3.05, 3.63) is 17.5 Å². The van der Waals surface area contributed by atoms with Gasteiger partial charge in [0.15, 0.2) is 5.76 Å². The fourth-order valence-corrected chi connectivity index (χ4v) is 6.72. The van der Waals surface area contributed by atoms with Gasteiger partial charge in [-0.1, -0.05) is 19.0 Å². The zero-order valence-electron chi connectivity index (χ0n) is 15.5. The zero-order valence-corrected chi connectivity index (χ0v) is 15.5. The lowest BCUT2D eigenvalue weighted by Gasteiger charge is -2.56. The van der Waals surface area contributed by atoms with E-state index in [-0.39, 0.29) is 11.5 Å². The summed E-state index contributed by atoms with van der Waals surface area (Å²) in [5.74, 6) is 4.15. The van der Waals surface area contributed by atoms with Crippen molar-refractivity contribution in [1.29, 1.82) is 0 Å². The van der Waals surface area contributed by atoms with E-state index in [0.717, 1.165) is 67.9 Å². The zero-order chi connectivity index (χ0) is 17.2. The third kappa shape index (κ3) is 2.47. The second-order valence-electron chi connectivity index (χ2n) is 9.66. The van der Waals surface area contributed by atoms with Gasteiger partial charge in [0.05, 0.1) is 17.2 Å². The van der Waals surface area contributed by atoms with Crippen LogP contribution in [-0.4, -0.2) is 22.5 Å². The fraction of sp³-hybridized carbons (Fsp3) is 0.810. The van der Waals surface area contributed by atoms with E-state index in [2.05, 4.69) is 30.0 Å². The molecular weight excluding hydrogens is 312 g/mol. The van der Waals surface area contributed by atoms with E-state index in [4.69, 9.17) is 4.52 Å². The van der Waals surface area contributed by atoms with Crippen LogP contribution in [0.3, 0.4) is 0 Å². The molecule has 4 nitrogen and oxygen atoms in total. The first-order valence-electron chi connectivity index (χ1n) is 10.3. The van der Waals surface area contributed by atoms with Gasteiger partial charge in [0, 0.05) is 12.6 Å². The van der Waals surface area contributed by atoms with E-state index >= 15 is 0 Å². The number of likely N-dealkylation sites (tertiary alicyclic amines) is 1. The Morgan fingerprint density at radius 1 is 1.20 bits per heavy atom. The average Bonchev–Trinajstić information content (AvgIpc) is 3.22. The van der Waals surface area contributed by atoms with Crippen molar-refractivity contribution in [2.24, 2.45) is 23.2 Å². The second-order valence-corrected chi connectivity index (χ2v) is 9.66. The van der Waals surface area contributed by atoms with E-state index in [1.54, 1.807) is 0 Å². The molecule has 5 fully saturated rings. The molecule has 1 aliphatic heterocycles. The van der Waals surface area contributed by atoms with Crippen LogP contribution >= 0.6 is 0 Å². The molecule has 5 aliphatic rings. The number of carbonyl (C=O) groups is 1. The predicted octanol–water partition coefficient (Wildman–Crippen LogP) is 4.68. The summed E-state index contributed by atoms with van der Waals surface area (Å²) < 4.78 is 5.67. The van der Waals surface area contributed by atoms with Crippen LogP contribution in [0, 0.1) is 23.2 Å². The van der Waals surface area contributed by atoms with Crippen molar-refractivity contribution in [2.75, 3.05) is 6.54 Å². The summed E-state index contributed by atoms with van der Waals surface area (Å²) in [6.45, 7) is 5.16. The van der Waals surface area contributed by atoms with Crippen LogP contribution in [-0.2, 0) is 4.79 Å². The molecule has 0 radical (unpaired) electrons. The normalized spacial score (nSPS) is 39.6. The quantitative estimate of drug-likeness (QED) is 0.801. The Morgan fingerprint density at radius 2 is 1.84 bits per heavy atom. The van der Waals surface area contributed by atoms with Crippen LogP contribution in [0.15, 0.2) is 10.6 Å². The highest BCUT2D eigenvalue weighted by molar-refractivity contribution is 5.84. The summed E-state index contributed by atoms with van der Waals surface area (Å²) in [5, 5.41) is 4.23. The molecule has 4 saturated carbocycles. The van der Waals surface area contributed by atoms with Gasteiger partial charge in [-0.3, -0.25) is 4.79 Å². The van der Waals surface area contributed by atoms with E-state index < -0.39 is 0 Å². The number of aromatic nitrogens is 1. The van der Waals surface area contributed by atoms with Crippen molar-refractivity contribution in [3.8, 4) is 0 Å². The van der Waals surface area contributed by atoms with E-state index in [1.807, 2.05) is 0 Å². The Balaban J connectivity index is 1.41.